The van der Waals surface area contributed by atoms with Gasteiger partial charge in [-0.2, -0.15) is 0 Å². The van der Waals surface area contributed by atoms with E-state index in [1.165, 1.54) is 31.4 Å². The Labute approximate surface area is 217 Å². The van der Waals surface area contributed by atoms with Gasteiger partial charge in [0.15, 0.2) is 0 Å². The number of rotatable bonds is 6. The van der Waals surface area contributed by atoms with E-state index in [0.717, 1.165) is 29.7 Å². The maximum absolute atomic E-state index is 14.6. The van der Waals surface area contributed by atoms with Crippen LogP contribution in [0.5, 0.6) is 0 Å². The number of hydrogen-bond donors (Lipinski definition) is 1. The van der Waals surface area contributed by atoms with Crippen molar-refractivity contribution in [2.24, 2.45) is 28.9 Å². The van der Waals surface area contributed by atoms with E-state index in [4.69, 9.17) is 5.73 Å². The molecule has 4 saturated carbocycles. The fourth-order valence-electron chi connectivity index (χ4n) is 8.01. The molecule has 0 radical (unpaired) electrons. The summed E-state index contributed by atoms with van der Waals surface area (Å²) in [5, 5.41) is 0. The van der Waals surface area contributed by atoms with Gasteiger partial charge in [0.25, 0.3) is 5.91 Å². The van der Waals surface area contributed by atoms with Crippen LogP contribution >= 0.6 is 0 Å². The van der Waals surface area contributed by atoms with E-state index in [0.29, 0.717) is 29.0 Å². The standard InChI is InChI=1S/C30H33N3O4/c1-18(22-5-3-2-4-6-22)32(29(37)30-15-19-11-20(16-30)13-21(12-19)17-30)25-14-26(34)33(28(25)36)24-9-7-23(8-10-24)27(31)35/h2-10,18-21,25H,11-17H2,1H3,(H2,31,35). The molecule has 2 aromatic carbocycles. The van der Waals surface area contributed by atoms with Crippen LogP contribution < -0.4 is 10.6 Å². The van der Waals surface area contributed by atoms with Crippen LogP contribution in [0.2, 0.25) is 0 Å². The lowest BCUT2D eigenvalue weighted by Crippen LogP contribution is -2.58. The fourth-order valence-corrected chi connectivity index (χ4v) is 8.01. The molecule has 1 aliphatic heterocycles. The van der Waals surface area contributed by atoms with Gasteiger partial charge in [0.1, 0.15) is 6.04 Å². The monoisotopic (exact) mass is 499 g/mol. The van der Waals surface area contributed by atoms with Crippen LogP contribution in [0, 0.1) is 23.2 Å². The van der Waals surface area contributed by atoms with E-state index in [1.807, 2.05) is 37.3 Å². The summed E-state index contributed by atoms with van der Waals surface area (Å²) in [7, 11) is 0. The molecule has 4 bridgehead atoms. The summed E-state index contributed by atoms with van der Waals surface area (Å²) in [4.78, 5) is 56.1. The van der Waals surface area contributed by atoms with Gasteiger partial charge in [-0.15, -0.1) is 0 Å². The van der Waals surface area contributed by atoms with Gasteiger partial charge in [0.2, 0.25) is 17.7 Å². The highest BCUT2D eigenvalue weighted by Gasteiger charge is 2.58. The van der Waals surface area contributed by atoms with Crippen molar-refractivity contribution in [1.29, 1.82) is 0 Å². The number of carbonyl (C=O) groups is 4. The average Bonchev–Trinajstić information content (AvgIpc) is 3.17. The van der Waals surface area contributed by atoms with Crippen molar-refractivity contribution in [2.45, 2.75) is 64.0 Å². The molecule has 0 aromatic heterocycles. The van der Waals surface area contributed by atoms with Gasteiger partial charge in [-0.1, -0.05) is 30.3 Å². The van der Waals surface area contributed by atoms with Crippen LogP contribution in [0.4, 0.5) is 5.69 Å². The van der Waals surface area contributed by atoms with Gasteiger partial charge in [-0.25, -0.2) is 4.90 Å². The Morgan fingerprint density at radius 2 is 1.49 bits per heavy atom. The van der Waals surface area contributed by atoms with E-state index < -0.39 is 23.3 Å². The van der Waals surface area contributed by atoms with Gasteiger partial charge in [0.05, 0.1) is 23.6 Å². The van der Waals surface area contributed by atoms with Crippen LogP contribution in [0.1, 0.15) is 73.8 Å². The molecule has 7 rings (SSSR count). The van der Waals surface area contributed by atoms with Crippen LogP contribution in [-0.4, -0.2) is 34.6 Å². The molecule has 5 fully saturated rings. The van der Waals surface area contributed by atoms with Crippen molar-refractivity contribution >= 4 is 29.3 Å². The number of nitrogens with two attached hydrogens (primary N) is 1. The zero-order chi connectivity index (χ0) is 25.9. The molecule has 2 atom stereocenters. The highest BCUT2D eigenvalue weighted by atomic mass is 16.2. The minimum absolute atomic E-state index is 0.0417. The lowest BCUT2D eigenvalue weighted by Gasteiger charge is -2.57. The number of anilines is 1. The molecule has 0 spiro atoms. The molecule has 7 nitrogen and oxygen atoms in total. The smallest absolute Gasteiger partial charge is 0.257 e. The Balaban J connectivity index is 1.36. The molecule has 4 amide bonds. The SMILES string of the molecule is CC(c1ccccc1)N(C(=O)C12CC3CC(CC(C3)C1)C2)C1CC(=O)N(c2ccc(C(N)=O)cc2)C1=O. The molecule has 2 aromatic rings. The van der Waals surface area contributed by atoms with E-state index in [2.05, 4.69) is 0 Å². The average molecular weight is 500 g/mol. The molecule has 37 heavy (non-hydrogen) atoms. The fraction of sp³-hybridized carbons (Fsp3) is 0.467. The maximum Gasteiger partial charge on any atom is 0.257 e. The predicted molar refractivity (Wildman–Crippen MR) is 138 cm³/mol. The number of primary amides is 1. The summed E-state index contributed by atoms with van der Waals surface area (Å²) < 4.78 is 0. The van der Waals surface area contributed by atoms with Crippen LogP contribution in [0.3, 0.4) is 0 Å². The number of amides is 4. The van der Waals surface area contributed by atoms with Crippen molar-refractivity contribution in [3.05, 3.63) is 65.7 Å². The maximum atomic E-state index is 14.6. The van der Waals surface area contributed by atoms with E-state index in [1.54, 1.807) is 17.0 Å². The summed E-state index contributed by atoms with van der Waals surface area (Å²) in [6, 6.07) is 14.7. The molecule has 1 saturated heterocycles. The molecule has 4 aliphatic carbocycles. The lowest BCUT2D eigenvalue weighted by molar-refractivity contribution is -0.164. The second-order valence-electron chi connectivity index (χ2n) is 11.7. The van der Waals surface area contributed by atoms with Crippen LogP contribution in [0.15, 0.2) is 54.6 Å². The Morgan fingerprint density at radius 1 is 0.919 bits per heavy atom. The number of nitrogens with zero attached hydrogens (tertiary/aromatic N) is 2. The Bertz CT molecular complexity index is 1220. The first kappa shape index (κ1) is 23.9. The highest BCUT2D eigenvalue weighted by Crippen LogP contribution is 2.61. The molecule has 7 heteroatoms. The van der Waals surface area contributed by atoms with Crippen molar-refractivity contribution < 1.29 is 19.2 Å². The molecule has 2 unspecified atom stereocenters. The van der Waals surface area contributed by atoms with Crippen molar-refractivity contribution in [3.8, 4) is 0 Å². The Kier molecular flexibility index (Phi) is 5.70. The summed E-state index contributed by atoms with van der Waals surface area (Å²) in [6.07, 6.45) is 6.28. The predicted octanol–water partition coefficient (Wildman–Crippen LogP) is 4.22. The number of carbonyl (C=O) groups excluding carboxylic acids is 4. The third-order valence-corrected chi connectivity index (χ3v) is 9.29. The van der Waals surface area contributed by atoms with Gasteiger partial charge >= 0.3 is 0 Å². The number of benzene rings is 2. The van der Waals surface area contributed by atoms with Crippen LogP contribution in [-0.2, 0) is 14.4 Å². The van der Waals surface area contributed by atoms with E-state index >= 15 is 0 Å². The molecule has 192 valence electrons. The largest absolute Gasteiger partial charge is 0.366 e. The third-order valence-electron chi connectivity index (χ3n) is 9.29. The molecule has 5 aliphatic rings. The minimum atomic E-state index is -0.862. The van der Waals surface area contributed by atoms with Crippen molar-refractivity contribution in [1.82, 2.24) is 4.90 Å². The number of imide groups is 1. The summed E-state index contributed by atoms with van der Waals surface area (Å²) in [5.41, 5.74) is 6.55. The molecule has 1 heterocycles. The van der Waals surface area contributed by atoms with E-state index in [-0.39, 0.29) is 24.3 Å². The van der Waals surface area contributed by atoms with E-state index in [9.17, 15) is 19.2 Å². The van der Waals surface area contributed by atoms with Gasteiger partial charge in [0, 0.05) is 5.56 Å². The van der Waals surface area contributed by atoms with Crippen molar-refractivity contribution in [2.75, 3.05) is 4.90 Å². The first-order chi connectivity index (χ1) is 17.8. The minimum Gasteiger partial charge on any atom is -0.366 e. The molecular formula is C30H33N3O4. The normalized spacial score (nSPS) is 31.0. The second kappa shape index (κ2) is 8.82. The number of hydrogen-bond acceptors (Lipinski definition) is 4. The van der Waals surface area contributed by atoms with Gasteiger partial charge in [-0.05, 0) is 93.0 Å². The van der Waals surface area contributed by atoms with Crippen molar-refractivity contribution in [3.63, 3.8) is 0 Å². The Hall–Kier alpha value is -3.48. The van der Waals surface area contributed by atoms with Gasteiger partial charge < -0.3 is 10.6 Å². The quantitative estimate of drug-likeness (QED) is 0.601. The van der Waals surface area contributed by atoms with Gasteiger partial charge in [-0.3, -0.25) is 19.2 Å². The topological polar surface area (TPSA) is 101 Å². The second-order valence-corrected chi connectivity index (χ2v) is 11.7. The zero-order valence-electron chi connectivity index (χ0n) is 21.1. The summed E-state index contributed by atoms with van der Waals surface area (Å²) in [5.74, 6) is 0.497. The first-order valence-corrected chi connectivity index (χ1v) is 13.4. The van der Waals surface area contributed by atoms with Crippen LogP contribution in [0.25, 0.3) is 0 Å². The summed E-state index contributed by atoms with van der Waals surface area (Å²) >= 11 is 0. The highest BCUT2D eigenvalue weighted by molar-refractivity contribution is 6.23. The zero-order valence-corrected chi connectivity index (χ0v) is 21.1. The Morgan fingerprint density at radius 3 is 2.03 bits per heavy atom. The third kappa shape index (κ3) is 3.95. The molecular weight excluding hydrogens is 466 g/mol. The summed E-state index contributed by atoms with van der Waals surface area (Å²) in [6.45, 7) is 1.97. The lowest BCUT2D eigenvalue weighted by atomic mass is 9.49. The first-order valence-electron chi connectivity index (χ1n) is 13.4. The molecule has 2 N–H and O–H groups in total.